The second-order valence-electron chi connectivity index (χ2n) is 7.17. The summed E-state index contributed by atoms with van der Waals surface area (Å²) < 4.78 is 0. The lowest BCUT2D eigenvalue weighted by Crippen LogP contribution is -2.34. The molecule has 4 rings (SSSR count). The van der Waals surface area contributed by atoms with Crippen LogP contribution in [-0.4, -0.2) is 64.1 Å². The van der Waals surface area contributed by atoms with Crippen LogP contribution in [0.3, 0.4) is 0 Å². The Morgan fingerprint density at radius 3 is 2.86 bits per heavy atom. The van der Waals surface area contributed by atoms with E-state index in [1.807, 2.05) is 31.1 Å². The number of aromatic amines is 2. The van der Waals surface area contributed by atoms with Gasteiger partial charge < -0.3 is 14.8 Å². The Morgan fingerprint density at radius 1 is 1.25 bits per heavy atom. The Hall–Kier alpha value is -3.37. The van der Waals surface area contributed by atoms with E-state index in [9.17, 15) is 9.59 Å². The number of nitrogens with zero attached hydrogens (tertiary/aromatic N) is 3. The summed E-state index contributed by atoms with van der Waals surface area (Å²) in [4.78, 5) is 31.0. The largest absolute Gasteiger partial charge is 0.337 e. The lowest BCUT2D eigenvalue weighted by Gasteiger charge is -2.20. The van der Waals surface area contributed by atoms with Crippen molar-refractivity contribution in [3.05, 3.63) is 63.7 Å². The minimum absolute atomic E-state index is 0.0266. The molecule has 0 bridgehead atoms. The average molecular weight is 375 g/mol. The molecule has 3 heterocycles. The molecule has 0 spiro atoms. The zero-order chi connectivity index (χ0) is 19.7. The van der Waals surface area contributed by atoms with Gasteiger partial charge in [0.05, 0.1) is 11.2 Å². The maximum Gasteiger partial charge on any atom is 0.253 e. The Bertz CT molecular complexity index is 1150. The summed E-state index contributed by atoms with van der Waals surface area (Å²) in [6.45, 7) is 1.50. The van der Waals surface area contributed by atoms with Crippen LogP contribution < -0.4 is 5.56 Å². The van der Waals surface area contributed by atoms with Crippen LogP contribution in [-0.2, 0) is 0 Å². The molecule has 142 valence electrons. The predicted molar refractivity (Wildman–Crippen MR) is 107 cm³/mol. The van der Waals surface area contributed by atoms with E-state index in [0.717, 1.165) is 30.4 Å². The number of likely N-dealkylation sites (N-methyl/N-ethyl adjacent to an activating group) is 1. The molecule has 28 heavy (non-hydrogen) atoms. The van der Waals surface area contributed by atoms with E-state index in [4.69, 9.17) is 0 Å². The first-order valence-electron chi connectivity index (χ1n) is 9.16. The van der Waals surface area contributed by atoms with Gasteiger partial charge >= 0.3 is 0 Å². The molecule has 7 nitrogen and oxygen atoms in total. The van der Waals surface area contributed by atoms with E-state index in [-0.39, 0.29) is 11.5 Å². The van der Waals surface area contributed by atoms with E-state index < -0.39 is 0 Å². The van der Waals surface area contributed by atoms with Crippen LogP contribution in [0, 0.1) is 11.8 Å². The molecule has 7 heteroatoms. The van der Waals surface area contributed by atoms with Crippen LogP contribution in [0.5, 0.6) is 0 Å². The number of H-pyrrole nitrogens is 2. The third kappa shape index (κ3) is 3.55. The highest BCUT2D eigenvalue weighted by Gasteiger charge is 2.28. The van der Waals surface area contributed by atoms with Gasteiger partial charge in [0, 0.05) is 36.1 Å². The average Bonchev–Trinajstić information content (AvgIpc) is 3.33. The summed E-state index contributed by atoms with van der Waals surface area (Å²) in [6.07, 6.45) is 0.985. The first-order chi connectivity index (χ1) is 13.5. The molecule has 1 fully saturated rings. The fraction of sp³-hybridized carbons (Fsp3) is 0.286. The number of carbonyl (C=O) groups excluding carboxylic acids is 1. The molecular weight excluding hydrogens is 354 g/mol. The molecule has 1 aliphatic heterocycles. The van der Waals surface area contributed by atoms with Crippen molar-refractivity contribution < 1.29 is 4.79 Å². The van der Waals surface area contributed by atoms with Crippen molar-refractivity contribution in [3.8, 4) is 11.8 Å². The first-order valence-corrected chi connectivity index (χ1v) is 9.16. The quantitative estimate of drug-likeness (QED) is 0.664. The van der Waals surface area contributed by atoms with Gasteiger partial charge in [-0.25, -0.2) is 0 Å². The number of hydrogen-bond donors (Lipinski definition) is 2. The molecule has 0 radical (unpaired) electrons. The summed E-state index contributed by atoms with van der Waals surface area (Å²) in [5.74, 6) is 5.95. The molecule has 2 N–H and O–H groups in total. The maximum absolute atomic E-state index is 12.9. The van der Waals surface area contributed by atoms with Gasteiger partial charge in [-0.3, -0.25) is 14.7 Å². The van der Waals surface area contributed by atoms with Crippen molar-refractivity contribution in [1.29, 1.82) is 0 Å². The fourth-order valence-electron chi connectivity index (χ4n) is 3.42. The molecule has 1 amide bonds. The Morgan fingerprint density at radius 2 is 2.11 bits per heavy atom. The van der Waals surface area contributed by atoms with Crippen LogP contribution in [0.15, 0.2) is 41.2 Å². The number of aromatic nitrogens is 3. The Labute approximate surface area is 162 Å². The number of nitrogens with one attached hydrogen (secondary N) is 2. The number of benzene rings is 1. The third-order valence-corrected chi connectivity index (χ3v) is 5.07. The van der Waals surface area contributed by atoms with E-state index in [1.54, 1.807) is 18.2 Å². The molecule has 1 aromatic carbocycles. The third-order valence-electron chi connectivity index (χ3n) is 5.07. The summed E-state index contributed by atoms with van der Waals surface area (Å²) in [6, 6.07) is 10.7. The molecule has 0 aliphatic carbocycles. The van der Waals surface area contributed by atoms with E-state index in [2.05, 4.69) is 31.9 Å². The van der Waals surface area contributed by atoms with Gasteiger partial charge in [-0.15, -0.1) is 0 Å². The van der Waals surface area contributed by atoms with Crippen molar-refractivity contribution in [2.24, 2.45) is 0 Å². The second-order valence-corrected chi connectivity index (χ2v) is 7.17. The van der Waals surface area contributed by atoms with Crippen molar-refractivity contribution in [2.45, 2.75) is 12.5 Å². The topological polar surface area (TPSA) is 85.1 Å². The van der Waals surface area contributed by atoms with Gasteiger partial charge in [0.2, 0.25) is 5.56 Å². The molecule has 3 aromatic rings. The van der Waals surface area contributed by atoms with Gasteiger partial charge in [0.25, 0.3) is 5.91 Å². The maximum atomic E-state index is 12.9. The number of amides is 1. The SMILES string of the molecule is CN(C)[C@@H]1CCN(C(=O)c2ccc3n[nH]c(C#Cc4cccc(=O)[nH]4)c3c2)C1. The monoisotopic (exact) mass is 375 g/mol. The van der Waals surface area contributed by atoms with Crippen molar-refractivity contribution in [3.63, 3.8) is 0 Å². The zero-order valence-corrected chi connectivity index (χ0v) is 15.8. The lowest BCUT2D eigenvalue weighted by atomic mass is 10.1. The van der Waals surface area contributed by atoms with Crippen molar-refractivity contribution in [2.75, 3.05) is 27.2 Å². The first kappa shape index (κ1) is 18.0. The minimum Gasteiger partial charge on any atom is -0.337 e. The lowest BCUT2D eigenvalue weighted by molar-refractivity contribution is 0.0783. The molecule has 1 saturated heterocycles. The van der Waals surface area contributed by atoms with Gasteiger partial charge in [-0.05, 0) is 56.6 Å². The van der Waals surface area contributed by atoms with Gasteiger partial charge in [-0.1, -0.05) is 6.07 Å². The molecule has 1 atom stereocenters. The van der Waals surface area contributed by atoms with Gasteiger partial charge in [0.15, 0.2) is 0 Å². The van der Waals surface area contributed by atoms with Gasteiger partial charge in [-0.2, -0.15) is 5.10 Å². The van der Waals surface area contributed by atoms with Gasteiger partial charge in [0.1, 0.15) is 5.69 Å². The summed E-state index contributed by atoms with van der Waals surface area (Å²) >= 11 is 0. The summed E-state index contributed by atoms with van der Waals surface area (Å²) in [5.41, 5.74) is 2.31. The van der Waals surface area contributed by atoms with E-state index in [1.165, 1.54) is 6.07 Å². The number of rotatable bonds is 2. The smallest absolute Gasteiger partial charge is 0.253 e. The Kier molecular flexibility index (Phi) is 4.72. The minimum atomic E-state index is -0.198. The normalized spacial score (nSPS) is 16.4. The molecule has 0 unspecified atom stereocenters. The predicted octanol–water partition coefficient (Wildman–Crippen LogP) is 1.43. The standard InChI is InChI=1S/C21H21N5O2/c1-25(2)16-10-11-26(13-16)21(28)14-6-8-18-17(12-14)19(24-23-18)9-7-15-4-3-5-20(27)22-15/h3-6,8,12,16H,10-11,13H2,1-2H3,(H,22,27)(H,23,24)/t16-/m1/s1. The highest BCUT2D eigenvalue weighted by molar-refractivity contribution is 5.99. The van der Waals surface area contributed by atoms with Crippen molar-refractivity contribution >= 4 is 16.8 Å². The summed E-state index contributed by atoms with van der Waals surface area (Å²) in [7, 11) is 4.09. The summed E-state index contributed by atoms with van der Waals surface area (Å²) in [5, 5.41) is 7.95. The highest BCUT2D eigenvalue weighted by Crippen LogP contribution is 2.21. The molecular formula is C21H21N5O2. The number of likely N-dealkylation sites (tertiary alicyclic amines) is 1. The fourth-order valence-corrected chi connectivity index (χ4v) is 3.42. The molecule has 2 aromatic heterocycles. The number of hydrogen-bond acceptors (Lipinski definition) is 4. The zero-order valence-electron chi connectivity index (χ0n) is 15.8. The number of pyridine rings is 1. The van der Waals surface area contributed by atoms with Crippen LogP contribution in [0.4, 0.5) is 0 Å². The van der Waals surface area contributed by atoms with E-state index >= 15 is 0 Å². The van der Waals surface area contributed by atoms with Crippen LogP contribution in [0.1, 0.15) is 28.2 Å². The van der Waals surface area contributed by atoms with Crippen LogP contribution >= 0.6 is 0 Å². The number of carbonyl (C=O) groups is 1. The Balaban J connectivity index is 1.62. The molecule has 1 aliphatic rings. The molecule has 0 saturated carbocycles. The second kappa shape index (κ2) is 7.33. The van der Waals surface area contributed by atoms with Crippen molar-refractivity contribution in [1.82, 2.24) is 25.0 Å². The number of fused-ring (bicyclic) bond motifs is 1. The van der Waals surface area contributed by atoms with E-state index in [0.29, 0.717) is 23.0 Å². The van der Waals surface area contributed by atoms with Crippen LogP contribution in [0.25, 0.3) is 10.9 Å². The highest BCUT2D eigenvalue weighted by atomic mass is 16.2. The van der Waals surface area contributed by atoms with Crippen LogP contribution in [0.2, 0.25) is 0 Å².